The van der Waals surface area contributed by atoms with Gasteiger partial charge in [0.25, 0.3) is 0 Å². The van der Waals surface area contributed by atoms with Crippen LogP contribution < -0.4 is 10.6 Å². The molecule has 0 saturated heterocycles. The second-order valence-electron chi connectivity index (χ2n) is 6.25. The number of H-pyrrole nitrogens is 1. The van der Waals surface area contributed by atoms with Crippen molar-refractivity contribution in [1.82, 2.24) is 30.4 Å². The van der Waals surface area contributed by atoms with E-state index in [4.69, 9.17) is 0 Å². The molecule has 0 spiro atoms. The quantitative estimate of drug-likeness (QED) is 0.307. The fourth-order valence-electron chi connectivity index (χ4n) is 3.38. The van der Waals surface area contributed by atoms with Gasteiger partial charge in [0.2, 0.25) is 0 Å². The van der Waals surface area contributed by atoms with Gasteiger partial charge < -0.3 is 20.2 Å². The van der Waals surface area contributed by atoms with Gasteiger partial charge in [0, 0.05) is 43.7 Å². The Morgan fingerprint density at radius 3 is 3.04 bits per heavy atom. The first-order valence-electron chi connectivity index (χ1n) is 8.75. The molecule has 8 heteroatoms. The maximum Gasteiger partial charge on any atom is 0.191 e. The number of rotatable bonds is 5. The van der Waals surface area contributed by atoms with Crippen molar-refractivity contribution in [3.05, 3.63) is 47.7 Å². The molecule has 0 saturated carbocycles. The third-order valence-corrected chi connectivity index (χ3v) is 4.69. The van der Waals surface area contributed by atoms with E-state index in [1.807, 2.05) is 6.07 Å². The molecule has 0 radical (unpaired) electrons. The van der Waals surface area contributed by atoms with Crippen LogP contribution in [-0.2, 0) is 25.9 Å². The third kappa shape index (κ3) is 3.84. The Kier molecular flexibility index (Phi) is 6.12. The van der Waals surface area contributed by atoms with E-state index in [0.717, 1.165) is 50.0 Å². The zero-order chi connectivity index (χ0) is 17.1. The van der Waals surface area contributed by atoms with E-state index in [9.17, 15) is 0 Å². The van der Waals surface area contributed by atoms with E-state index in [2.05, 4.69) is 59.8 Å². The van der Waals surface area contributed by atoms with E-state index in [1.54, 1.807) is 7.05 Å². The summed E-state index contributed by atoms with van der Waals surface area (Å²) in [5.74, 6) is 2.86. The van der Waals surface area contributed by atoms with Crippen LogP contribution in [0.1, 0.15) is 23.6 Å². The van der Waals surface area contributed by atoms with Gasteiger partial charge in [0.15, 0.2) is 11.8 Å². The van der Waals surface area contributed by atoms with Gasteiger partial charge in [-0.1, -0.05) is 18.2 Å². The lowest BCUT2D eigenvalue weighted by atomic mass is 10.1. The van der Waals surface area contributed by atoms with Gasteiger partial charge in [-0.2, -0.15) is 0 Å². The summed E-state index contributed by atoms with van der Waals surface area (Å²) in [6.07, 6.45) is 5.22. The standard InChI is InChI=1S/C18H23N7.HI/c1-19-18(22-12-17-24-23-16-7-4-10-25(16)17)20-9-8-13-11-21-15-6-3-2-5-14(13)15;/h2-3,5-6,11,21H,4,7-10,12H2,1H3,(H2,19,20,22);1H. The van der Waals surface area contributed by atoms with Gasteiger partial charge in [-0.05, 0) is 24.5 Å². The number of aromatic amines is 1. The number of aliphatic imine (C=N–C) groups is 1. The average molecular weight is 465 g/mol. The van der Waals surface area contributed by atoms with Crippen LogP contribution in [0.15, 0.2) is 35.5 Å². The van der Waals surface area contributed by atoms with E-state index in [0.29, 0.717) is 6.54 Å². The summed E-state index contributed by atoms with van der Waals surface area (Å²) in [5, 5.41) is 16.5. The molecule has 3 aromatic rings. The Morgan fingerprint density at radius 2 is 2.15 bits per heavy atom. The number of aryl methyl sites for hydroxylation is 1. The zero-order valence-corrected chi connectivity index (χ0v) is 17.2. The molecule has 0 fully saturated rings. The minimum atomic E-state index is 0. The molecule has 3 N–H and O–H groups in total. The molecule has 1 aromatic carbocycles. The van der Waals surface area contributed by atoms with E-state index in [1.165, 1.54) is 16.5 Å². The molecule has 0 atom stereocenters. The van der Waals surface area contributed by atoms with Crippen LogP contribution in [0.2, 0.25) is 0 Å². The van der Waals surface area contributed by atoms with E-state index in [-0.39, 0.29) is 24.0 Å². The van der Waals surface area contributed by atoms with Crippen molar-refractivity contribution < 1.29 is 0 Å². The van der Waals surface area contributed by atoms with Gasteiger partial charge >= 0.3 is 0 Å². The summed E-state index contributed by atoms with van der Waals surface area (Å²) >= 11 is 0. The van der Waals surface area contributed by atoms with Crippen molar-refractivity contribution in [2.75, 3.05) is 13.6 Å². The van der Waals surface area contributed by atoms with Gasteiger partial charge in [-0.15, -0.1) is 34.2 Å². The van der Waals surface area contributed by atoms with Crippen LogP contribution in [0.25, 0.3) is 10.9 Å². The average Bonchev–Trinajstić information content (AvgIpc) is 3.34. The highest BCUT2D eigenvalue weighted by Gasteiger charge is 2.17. The van der Waals surface area contributed by atoms with E-state index < -0.39 is 0 Å². The monoisotopic (exact) mass is 465 g/mol. The van der Waals surface area contributed by atoms with Crippen LogP contribution >= 0.6 is 24.0 Å². The lowest BCUT2D eigenvalue weighted by molar-refractivity contribution is 0.662. The number of nitrogens with one attached hydrogen (secondary N) is 3. The summed E-state index contributed by atoms with van der Waals surface area (Å²) in [5.41, 5.74) is 2.49. The number of aromatic nitrogens is 4. The number of benzene rings is 1. The molecule has 1 aliphatic rings. The van der Waals surface area contributed by atoms with Gasteiger partial charge in [-0.25, -0.2) is 0 Å². The summed E-state index contributed by atoms with van der Waals surface area (Å²) in [6.45, 7) is 2.48. The largest absolute Gasteiger partial charge is 0.361 e. The van der Waals surface area contributed by atoms with Gasteiger partial charge in [-0.3, -0.25) is 4.99 Å². The highest BCUT2D eigenvalue weighted by atomic mass is 127. The van der Waals surface area contributed by atoms with Gasteiger partial charge in [0.05, 0.1) is 6.54 Å². The SMILES string of the molecule is CN=C(NCCc1c[nH]c2ccccc12)NCc1nnc2n1CCC2.I. The predicted octanol–water partition coefficient (Wildman–Crippen LogP) is 2.23. The second kappa shape index (κ2) is 8.52. The lowest BCUT2D eigenvalue weighted by Crippen LogP contribution is -2.38. The Bertz CT molecular complexity index is 896. The topological polar surface area (TPSA) is 82.9 Å². The first-order chi connectivity index (χ1) is 12.3. The number of halogens is 1. The maximum atomic E-state index is 4.29. The molecule has 2 aromatic heterocycles. The van der Waals surface area contributed by atoms with Crippen molar-refractivity contribution in [3.63, 3.8) is 0 Å². The number of nitrogens with zero attached hydrogens (tertiary/aromatic N) is 4. The minimum absolute atomic E-state index is 0. The maximum absolute atomic E-state index is 4.29. The first kappa shape index (κ1) is 18.7. The van der Waals surface area contributed by atoms with Crippen molar-refractivity contribution in [2.24, 2.45) is 4.99 Å². The minimum Gasteiger partial charge on any atom is -0.361 e. The highest BCUT2D eigenvalue weighted by Crippen LogP contribution is 2.17. The Morgan fingerprint density at radius 1 is 1.27 bits per heavy atom. The second-order valence-corrected chi connectivity index (χ2v) is 6.25. The smallest absolute Gasteiger partial charge is 0.191 e. The van der Waals surface area contributed by atoms with Crippen molar-refractivity contribution in [3.8, 4) is 0 Å². The molecular weight excluding hydrogens is 441 g/mol. The van der Waals surface area contributed by atoms with Gasteiger partial charge in [0.1, 0.15) is 5.82 Å². The molecule has 3 heterocycles. The number of hydrogen-bond acceptors (Lipinski definition) is 3. The van der Waals surface area contributed by atoms with Crippen LogP contribution in [0.4, 0.5) is 0 Å². The normalized spacial score (nSPS) is 13.5. The Labute approximate surface area is 169 Å². The molecule has 1 aliphatic heterocycles. The van der Waals surface area contributed by atoms with Crippen LogP contribution in [0.3, 0.4) is 0 Å². The summed E-state index contributed by atoms with van der Waals surface area (Å²) < 4.78 is 2.20. The molecular formula is C18H24IN7. The Balaban J connectivity index is 0.00000196. The molecule has 4 rings (SSSR count). The molecule has 0 aliphatic carbocycles. The summed E-state index contributed by atoms with van der Waals surface area (Å²) in [4.78, 5) is 7.61. The summed E-state index contributed by atoms with van der Waals surface area (Å²) in [6, 6.07) is 8.38. The first-order valence-corrected chi connectivity index (χ1v) is 8.75. The van der Waals surface area contributed by atoms with Crippen LogP contribution in [-0.4, -0.2) is 39.3 Å². The highest BCUT2D eigenvalue weighted by molar-refractivity contribution is 14.0. The number of fused-ring (bicyclic) bond motifs is 2. The lowest BCUT2D eigenvalue weighted by Gasteiger charge is -2.11. The predicted molar refractivity (Wildman–Crippen MR) is 114 cm³/mol. The third-order valence-electron chi connectivity index (χ3n) is 4.69. The van der Waals surface area contributed by atoms with Crippen LogP contribution in [0, 0.1) is 0 Å². The molecule has 0 amide bonds. The fraction of sp³-hybridized carbons (Fsp3) is 0.389. The van der Waals surface area contributed by atoms with Crippen molar-refractivity contribution >= 4 is 40.8 Å². The summed E-state index contributed by atoms with van der Waals surface area (Å²) in [7, 11) is 1.79. The van der Waals surface area contributed by atoms with Crippen LogP contribution in [0.5, 0.6) is 0 Å². The molecule has 0 unspecified atom stereocenters. The number of hydrogen-bond donors (Lipinski definition) is 3. The molecule has 0 bridgehead atoms. The molecule has 7 nitrogen and oxygen atoms in total. The Hall–Kier alpha value is -2.10. The molecule has 26 heavy (non-hydrogen) atoms. The van der Waals surface area contributed by atoms with E-state index >= 15 is 0 Å². The molecule has 138 valence electrons. The number of guanidine groups is 1. The van der Waals surface area contributed by atoms with Crippen molar-refractivity contribution in [1.29, 1.82) is 0 Å². The van der Waals surface area contributed by atoms with Crippen molar-refractivity contribution in [2.45, 2.75) is 32.4 Å². The number of para-hydroxylation sites is 1. The fourth-order valence-corrected chi connectivity index (χ4v) is 3.38. The zero-order valence-electron chi connectivity index (χ0n) is 14.8.